The lowest BCUT2D eigenvalue weighted by Gasteiger charge is -2.34. The molecule has 0 aliphatic carbocycles. The molecule has 1 aromatic carbocycles. The van der Waals surface area contributed by atoms with Crippen LogP contribution in [0.25, 0.3) is 0 Å². The van der Waals surface area contributed by atoms with Crippen molar-refractivity contribution in [3.05, 3.63) is 34.4 Å². The van der Waals surface area contributed by atoms with E-state index >= 15 is 0 Å². The molecule has 0 aromatic heterocycles. The number of nitro benzene ring substituents is 1. The van der Waals surface area contributed by atoms with Gasteiger partial charge in [0.15, 0.2) is 0 Å². The minimum atomic E-state index is -0.427. The van der Waals surface area contributed by atoms with Gasteiger partial charge in [-0.05, 0) is 19.4 Å². The number of hydrogen-bond acceptors (Lipinski definition) is 6. The quantitative estimate of drug-likeness (QED) is 0.528. The summed E-state index contributed by atoms with van der Waals surface area (Å²) in [6.45, 7) is 9.23. The first-order chi connectivity index (χ1) is 12.5. The van der Waals surface area contributed by atoms with Crippen molar-refractivity contribution in [2.45, 2.75) is 26.3 Å². The van der Waals surface area contributed by atoms with Crippen LogP contribution in [0.15, 0.2) is 24.3 Å². The van der Waals surface area contributed by atoms with E-state index in [0.29, 0.717) is 18.9 Å². The van der Waals surface area contributed by atoms with Crippen LogP contribution < -0.4 is 10.1 Å². The summed E-state index contributed by atoms with van der Waals surface area (Å²) in [4.78, 5) is 26.7. The van der Waals surface area contributed by atoms with Crippen LogP contribution in [0.4, 0.5) is 5.69 Å². The van der Waals surface area contributed by atoms with Gasteiger partial charge >= 0.3 is 0 Å². The van der Waals surface area contributed by atoms with Crippen LogP contribution in [-0.4, -0.2) is 72.5 Å². The molecule has 1 N–H and O–H groups in total. The maximum Gasteiger partial charge on any atom is 0.273 e. The third-order valence-corrected chi connectivity index (χ3v) is 4.56. The van der Waals surface area contributed by atoms with Crippen molar-refractivity contribution in [1.82, 2.24) is 15.1 Å². The molecule has 1 heterocycles. The fourth-order valence-electron chi connectivity index (χ4n) is 2.78. The van der Waals surface area contributed by atoms with Crippen molar-refractivity contribution in [2.75, 3.05) is 45.9 Å². The number of piperazine rings is 1. The van der Waals surface area contributed by atoms with Crippen molar-refractivity contribution in [2.24, 2.45) is 0 Å². The summed E-state index contributed by atoms with van der Waals surface area (Å²) >= 11 is 0. The molecule has 0 spiro atoms. The molecular weight excluding hydrogens is 336 g/mol. The molecule has 1 aromatic rings. The van der Waals surface area contributed by atoms with Crippen molar-refractivity contribution in [1.29, 1.82) is 0 Å². The van der Waals surface area contributed by atoms with Gasteiger partial charge in [-0.25, -0.2) is 0 Å². The van der Waals surface area contributed by atoms with Gasteiger partial charge in [-0.15, -0.1) is 0 Å². The van der Waals surface area contributed by atoms with Crippen LogP contribution in [0.2, 0.25) is 0 Å². The highest BCUT2D eigenvalue weighted by molar-refractivity contribution is 5.78. The molecule has 144 valence electrons. The fourth-order valence-corrected chi connectivity index (χ4v) is 2.78. The minimum Gasteiger partial charge on any atom is -0.492 e. The highest BCUT2D eigenvalue weighted by Crippen LogP contribution is 2.19. The molecule has 1 amide bonds. The third-order valence-electron chi connectivity index (χ3n) is 4.56. The maximum atomic E-state index is 11.9. The Morgan fingerprint density at radius 2 is 2.00 bits per heavy atom. The largest absolute Gasteiger partial charge is 0.492 e. The first kappa shape index (κ1) is 20.1. The maximum absolute atomic E-state index is 11.9. The van der Waals surface area contributed by atoms with Crippen molar-refractivity contribution >= 4 is 11.6 Å². The Morgan fingerprint density at radius 1 is 1.31 bits per heavy atom. The second-order valence-electron chi connectivity index (χ2n) is 6.60. The predicted octanol–water partition coefficient (Wildman–Crippen LogP) is 1.51. The normalized spacial score (nSPS) is 16.8. The van der Waals surface area contributed by atoms with Gasteiger partial charge in [-0.2, -0.15) is 0 Å². The molecule has 0 radical (unpaired) electrons. The molecule has 0 unspecified atom stereocenters. The predicted molar refractivity (Wildman–Crippen MR) is 99.4 cm³/mol. The molecule has 8 heteroatoms. The number of ether oxygens (including phenoxy) is 1. The van der Waals surface area contributed by atoms with Crippen LogP contribution in [0.1, 0.15) is 20.3 Å². The van der Waals surface area contributed by atoms with Crippen molar-refractivity contribution in [3.63, 3.8) is 0 Å². The summed E-state index contributed by atoms with van der Waals surface area (Å²) in [6.07, 6.45) is 0.935. The van der Waals surface area contributed by atoms with Gasteiger partial charge in [-0.1, -0.05) is 13.0 Å². The summed E-state index contributed by atoms with van der Waals surface area (Å²) in [5, 5.41) is 13.8. The molecule has 0 bridgehead atoms. The lowest BCUT2D eigenvalue weighted by atomic mass is 10.2. The highest BCUT2D eigenvalue weighted by Gasteiger charge is 2.19. The number of nitro groups is 1. The third kappa shape index (κ3) is 6.61. The second kappa shape index (κ2) is 10.1. The van der Waals surface area contributed by atoms with Gasteiger partial charge in [0.25, 0.3) is 5.69 Å². The first-order valence-electron chi connectivity index (χ1n) is 9.09. The molecule has 8 nitrogen and oxygen atoms in total. The zero-order valence-corrected chi connectivity index (χ0v) is 15.5. The van der Waals surface area contributed by atoms with Gasteiger partial charge in [0.1, 0.15) is 12.4 Å². The van der Waals surface area contributed by atoms with Crippen LogP contribution in [-0.2, 0) is 4.79 Å². The van der Waals surface area contributed by atoms with E-state index in [1.54, 1.807) is 12.1 Å². The SMILES string of the molecule is CC[C@H](C)NC(=O)CN1CCN(CCOc2cccc([N+](=O)[O-])c2)CC1. The summed E-state index contributed by atoms with van der Waals surface area (Å²) in [5.41, 5.74) is 0.0341. The zero-order chi connectivity index (χ0) is 18.9. The Balaban J connectivity index is 1.65. The van der Waals surface area contributed by atoms with E-state index < -0.39 is 4.92 Å². The van der Waals surface area contributed by atoms with E-state index in [4.69, 9.17) is 4.74 Å². The summed E-state index contributed by atoms with van der Waals surface area (Å²) in [7, 11) is 0. The average Bonchev–Trinajstić information content (AvgIpc) is 2.63. The molecule has 1 atom stereocenters. The first-order valence-corrected chi connectivity index (χ1v) is 9.09. The van der Waals surface area contributed by atoms with E-state index in [0.717, 1.165) is 39.1 Å². The van der Waals surface area contributed by atoms with Gasteiger partial charge in [0.2, 0.25) is 5.91 Å². The summed E-state index contributed by atoms with van der Waals surface area (Å²) < 4.78 is 5.62. The zero-order valence-electron chi connectivity index (χ0n) is 15.5. The Hall–Kier alpha value is -2.19. The topological polar surface area (TPSA) is 88.0 Å². The van der Waals surface area contributed by atoms with Gasteiger partial charge in [0.05, 0.1) is 17.5 Å². The number of nitrogens with one attached hydrogen (secondary N) is 1. The number of non-ortho nitro benzene ring substituents is 1. The number of hydrogen-bond donors (Lipinski definition) is 1. The van der Waals surface area contributed by atoms with E-state index in [9.17, 15) is 14.9 Å². The molecule has 1 aliphatic rings. The van der Waals surface area contributed by atoms with Crippen LogP contribution >= 0.6 is 0 Å². The van der Waals surface area contributed by atoms with Gasteiger partial charge in [-0.3, -0.25) is 24.7 Å². The highest BCUT2D eigenvalue weighted by atomic mass is 16.6. The fraction of sp³-hybridized carbons (Fsp3) is 0.611. The summed E-state index contributed by atoms with van der Waals surface area (Å²) in [6, 6.07) is 6.45. The van der Waals surface area contributed by atoms with Crippen LogP contribution in [0.3, 0.4) is 0 Å². The number of carbonyl (C=O) groups excluding carboxylic acids is 1. The van der Waals surface area contributed by atoms with E-state index in [-0.39, 0.29) is 17.6 Å². The Kier molecular flexibility index (Phi) is 7.80. The number of rotatable bonds is 9. The van der Waals surface area contributed by atoms with Crippen molar-refractivity contribution in [3.8, 4) is 5.75 Å². The molecule has 2 rings (SSSR count). The summed E-state index contributed by atoms with van der Waals surface area (Å²) in [5.74, 6) is 0.598. The van der Waals surface area contributed by atoms with Gasteiger partial charge in [0, 0.05) is 44.8 Å². The molecule has 26 heavy (non-hydrogen) atoms. The number of amides is 1. The Morgan fingerprint density at radius 3 is 2.65 bits per heavy atom. The van der Waals surface area contributed by atoms with E-state index in [1.165, 1.54) is 12.1 Å². The monoisotopic (exact) mass is 364 g/mol. The lowest BCUT2D eigenvalue weighted by Crippen LogP contribution is -2.50. The molecular formula is C18H28N4O4. The minimum absolute atomic E-state index is 0.0341. The second-order valence-corrected chi connectivity index (χ2v) is 6.60. The van der Waals surface area contributed by atoms with E-state index in [2.05, 4.69) is 22.0 Å². The van der Waals surface area contributed by atoms with Crippen LogP contribution in [0.5, 0.6) is 5.75 Å². The molecule has 0 saturated carbocycles. The Labute approximate surface area is 154 Å². The van der Waals surface area contributed by atoms with Crippen LogP contribution in [0, 0.1) is 10.1 Å². The van der Waals surface area contributed by atoms with Gasteiger partial charge < -0.3 is 10.1 Å². The number of carbonyl (C=O) groups is 1. The smallest absolute Gasteiger partial charge is 0.273 e. The number of benzene rings is 1. The lowest BCUT2D eigenvalue weighted by molar-refractivity contribution is -0.384. The molecule has 1 saturated heterocycles. The molecule has 1 fully saturated rings. The number of nitrogens with zero attached hydrogens (tertiary/aromatic N) is 3. The van der Waals surface area contributed by atoms with E-state index in [1.807, 2.05) is 6.92 Å². The van der Waals surface area contributed by atoms with Crippen molar-refractivity contribution < 1.29 is 14.5 Å². The standard InChI is InChI=1S/C18H28N4O4/c1-3-15(2)19-18(23)14-21-9-7-20(8-10-21)11-12-26-17-6-4-5-16(13-17)22(24)25/h4-6,13,15H,3,7-12,14H2,1-2H3,(H,19,23)/t15-/m0/s1. The Bertz CT molecular complexity index is 603. The average molecular weight is 364 g/mol. The molecule has 1 aliphatic heterocycles.